The van der Waals surface area contributed by atoms with Gasteiger partial charge in [0.15, 0.2) is 0 Å². The molecule has 16 heavy (non-hydrogen) atoms. The summed E-state index contributed by atoms with van der Waals surface area (Å²) in [7, 11) is 0. The first-order valence-corrected chi connectivity index (χ1v) is 5.51. The lowest BCUT2D eigenvalue weighted by Gasteiger charge is -2.13. The number of hydrogen-bond acceptors (Lipinski definition) is 4. The van der Waals surface area contributed by atoms with Crippen molar-refractivity contribution in [1.29, 1.82) is 0 Å². The molecule has 86 valence electrons. The summed E-state index contributed by atoms with van der Waals surface area (Å²) in [5.41, 5.74) is 0. The predicted octanol–water partition coefficient (Wildman–Crippen LogP) is 1.68. The van der Waals surface area contributed by atoms with Crippen molar-refractivity contribution in [3.63, 3.8) is 0 Å². The van der Waals surface area contributed by atoms with Gasteiger partial charge in [0.1, 0.15) is 17.9 Å². The van der Waals surface area contributed by atoms with E-state index in [0.29, 0.717) is 0 Å². The molecule has 2 aromatic rings. The first kappa shape index (κ1) is 10.9. The molecule has 0 fully saturated rings. The largest absolute Gasteiger partial charge is 0.468 e. The number of H-pyrrole nitrogens is 1. The lowest BCUT2D eigenvalue weighted by molar-refractivity contribution is 0.405. The Morgan fingerprint density at radius 2 is 2.50 bits per heavy atom. The number of hydrogen-bond donors (Lipinski definition) is 2. The fraction of sp³-hybridized carbons (Fsp3) is 0.455. The third-order valence-corrected chi connectivity index (χ3v) is 2.51. The summed E-state index contributed by atoms with van der Waals surface area (Å²) in [5, 5.41) is 10.1. The Balaban J connectivity index is 1.80. The van der Waals surface area contributed by atoms with Gasteiger partial charge in [0, 0.05) is 13.0 Å². The van der Waals surface area contributed by atoms with Crippen molar-refractivity contribution >= 4 is 0 Å². The molecule has 2 heterocycles. The maximum Gasteiger partial charge on any atom is 0.137 e. The topological polar surface area (TPSA) is 66.7 Å². The predicted molar refractivity (Wildman–Crippen MR) is 59.8 cm³/mol. The average Bonchev–Trinajstić information content (AvgIpc) is 2.96. The zero-order valence-corrected chi connectivity index (χ0v) is 9.31. The Kier molecular flexibility index (Phi) is 3.71. The van der Waals surface area contributed by atoms with Gasteiger partial charge in [-0.1, -0.05) is 6.92 Å². The van der Waals surface area contributed by atoms with Gasteiger partial charge in [-0.05, 0) is 18.6 Å². The molecule has 1 unspecified atom stereocenters. The number of furan rings is 1. The fourth-order valence-electron chi connectivity index (χ4n) is 1.65. The smallest absolute Gasteiger partial charge is 0.137 e. The maximum atomic E-state index is 5.38. The number of aromatic nitrogens is 3. The van der Waals surface area contributed by atoms with E-state index in [2.05, 4.69) is 27.4 Å². The minimum absolute atomic E-state index is 0.276. The van der Waals surface area contributed by atoms with Crippen molar-refractivity contribution in [2.75, 3.05) is 6.54 Å². The number of aromatic amines is 1. The van der Waals surface area contributed by atoms with E-state index in [9.17, 15) is 0 Å². The van der Waals surface area contributed by atoms with Crippen LogP contribution in [0.3, 0.4) is 0 Å². The van der Waals surface area contributed by atoms with Crippen LogP contribution in [0.25, 0.3) is 0 Å². The van der Waals surface area contributed by atoms with E-state index >= 15 is 0 Å². The molecule has 2 rings (SSSR count). The molecule has 0 aliphatic rings. The van der Waals surface area contributed by atoms with Crippen LogP contribution in [0.5, 0.6) is 0 Å². The second-order valence-corrected chi connectivity index (χ2v) is 3.61. The highest BCUT2D eigenvalue weighted by Crippen LogP contribution is 2.16. The van der Waals surface area contributed by atoms with Crippen LogP contribution in [-0.4, -0.2) is 21.7 Å². The summed E-state index contributed by atoms with van der Waals surface area (Å²) in [6.45, 7) is 2.99. The summed E-state index contributed by atoms with van der Waals surface area (Å²) in [6, 6.07) is 4.18. The molecule has 0 saturated heterocycles. The van der Waals surface area contributed by atoms with Crippen LogP contribution < -0.4 is 5.32 Å². The second-order valence-electron chi connectivity index (χ2n) is 3.61. The second kappa shape index (κ2) is 5.46. The van der Waals surface area contributed by atoms with Gasteiger partial charge < -0.3 is 9.73 Å². The summed E-state index contributed by atoms with van der Waals surface area (Å²) in [6.07, 6.45) is 5.08. The highest BCUT2D eigenvalue weighted by Gasteiger charge is 2.10. The van der Waals surface area contributed by atoms with Gasteiger partial charge in [0.25, 0.3) is 0 Å². The average molecular weight is 220 g/mol. The SMILES string of the molecule is CCC(NCCc1ncn[nH]1)c1ccco1. The Morgan fingerprint density at radius 3 is 3.12 bits per heavy atom. The molecule has 0 spiro atoms. The Bertz CT molecular complexity index is 382. The molecule has 0 amide bonds. The minimum atomic E-state index is 0.276. The third kappa shape index (κ3) is 2.70. The zero-order valence-electron chi connectivity index (χ0n) is 9.31. The van der Waals surface area contributed by atoms with Crippen LogP contribution >= 0.6 is 0 Å². The Labute approximate surface area is 94.3 Å². The molecule has 0 radical (unpaired) electrons. The molecule has 1 atom stereocenters. The molecule has 0 aliphatic carbocycles. The van der Waals surface area contributed by atoms with E-state index in [0.717, 1.165) is 31.0 Å². The van der Waals surface area contributed by atoms with E-state index < -0.39 is 0 Å². The lowest BCUT2D eigenvalue weighted by Crippen LogP contribution is -2.23. The van der Waals surface area contributed by atoms with Gasteiger partial charge in [0.2, 0.25) is 0 Å². The number of rotatable bonds is 6. The summed E-state index contributed by atoms with van der Waals surface area (Å²) >= 11 is 0. The molecule has 0 aliphatic heterocycles. The highest BCUT2D eigenvalue weighted by atomic mass is 16.3. The van der Waals surface area contributed by atoms with E-state index in [4.69, 9.17) is 4.42 Å². The first-order chi connectivity index (χ1) is 7.90. The van der Waals surface area contributed by atoms with Crippen molar-refractivity contribution in [2.45, 2.75) is 25.8 Å². The fourth-order valence-corrected chi connectivity index (χ4v) is 1.65. The molecule has 0 aromatic carbocycles. The number of nitrogens with one attached hydrogen (secondary N) is 2. The van der Waals surface area contributed by atoms with Gasteiger partial charge in [-0.25, -0.2) is 4.98 Å². The van der Waals surface area contributed by atoms with Crippen LogP contribution in [0.4, 0.5) is 0 Å². The van der Waals surface area contributed by atoms with Gasteiger partial charge in [-0.15, -0.1) is 0 Å². The Hall–Kier alpha value is -1.62. The van der Waals surface area contributed by atoms with Crippen LogP contribution in [0.2, 0.25) is 0 Å². The van der Waals surface area contributed by atoms with Crippen molar-refractivity contribution in [1.82, 2.24) is 20.5 Å². The molecule has 2 aromatic heterocycles. The van der Waals surface area contributed by atoms with Crippen molar-refractivity contribution in [3.8, 4) is 0 Å². The van der Waals surface area contributed by atoms with E-state index in [1.807, 2.05) is 12.1 Å². The van der Waals surface area contributed by atoms with Crippen LogP contribution in [-0.2, 0) is 6.42 Å². The monoisotopic (exact) mass is 220 g/mol. The van der Waals surface area contributed by atoms with Crippen LogP contribution in [0, 0.1) is 0 Å². The van der Waals surface area contributed by atoms with Crippen LogP contribution in [0.15, 0.2) is 29.1 Å². The van der Waals surface area contributed by atoms with Gasteiger partial charge >= 0.3 is 0 Å². The molecule has 0 bridgehead atoms. The molecular weight excluding hydrogens is 204 g/mol. The zero-order chi connectivity index (χ0) is 11.2. The van der Waals surface area contributed by atoms with E-state index in [1.165, 1.54) is 6.33 Å². The molecule has 5 heteroatoms. The summed E-state index contributed by atoms with van der Waals surface area (Å²) in [5.74, 6) is 1.89. The molecule has 0 saturated carbocycles. The van der Waals surface area contributed by atoms with Crippen molar-refractivity contribution in [2.24, 2.45) is 0 Å². The molecule has 2 N–H and O–H groups in total. The summed E-state index contributed by atoms with van der Waals surface area (Å²) < 4.78 is 5.38. The van der Waals surface area contributed by atoms with E-state index in [1.54, 1.807) is 6.26 Å². The lowest BCUT2D eigenvalue weighted by atomic mass is 10.1. The quantitative estimate of drug-likeness (QED) is 0.777. The van der Waals surface area contributed by atoms with Gasteiger partial charge in [0.05, 0.1) is 12.3 Å². The molecular formula is C11H16N4O. The highest BCUT2D eigenvalue weighted by molar-refractivity contribution is 5.04. The normalized spacial score (nSPS) is 12.8. The minimum Gasteiger partial charge on any atom is -0.468 e. The van der Waals surface area contributed by atoms with Crippen LogP contribution in [0.1, 0.15) is 31.0 Å². The third-order valence-electron chi connectivity index (χ3n) is 2.51. The number of nitrogens with zero attached hydrogens (tertiary/aromatic N) is 2. The first-order valence-electron chi connectivity index (χ1n) is 5.51. The van der Waals surface area contributed by atoms with E-state index in [-0.39, 0.29) is 6.04 Å². The standard InChI is InChI=1S/C11H16N4O/c1-2-9(10-4-3-7-16-10)12-6-5-11-13-8-14-15-11/h3-4,7-9,12H,2,5-6H2,1H3,(H,13,14,15). The summed E-state index contributed by atoms with van der Waals surface area (Å²) in [4.78, 5) is 4.07. The van der Waals surface area contributed by atoms with Gasteiger partial charge in [-0.2, -0.15) is 5.10 Å². The van der Waals surface area contributed by atoms with Gasteiger partial charge in [-0.3, -0.25) is 5.10 Å². The van der Waals surface area contributed by atoms with Crippen molar-refractivity contribution < 1.29 is 4.42 Å². The Morgan fingerprint density at radius 1 is 1.56 bits per heavy atom. The maximum absolute atomic E-state index is 5.38. The van der Waals surface area contributed by atoms with Crippen molar-refractivity contribution in [3.05, 3.63) is 36.3 Å². The molecule has 5 nitrogen and oxygen atoms in total.